The Morgan fingerprint density at radius 2 is 1.93 bits per heavy atom. The van der Waals surface area contributed by atoms with Crippen LogP contribution in [0.3, 0.4) is 0 Å². The van der Waals surface area contributed by atoms with E-state index in [0.29, 0.717) is 5.75 Å². The molecule has 2 heteroatoms. The number of carbonyl (C=O) groups is 1. The molecule has 0 bridgehead atoms. The molecule has 0 aromatic heterocycles. The zero-order valence-corrected chi connectivity index (χ0v) is 9.13. The number of hydrogen-bond acceptors (Lipinski definition) is 2. The quantitative estimate of drug-likeness (QED) is 0.505. The molecule has 1 rings (SSSR count). The smallest absolute Gasteiger partial charge is 0.316 e. The molecular formula is C12H16O2. The molecule has 0 unspecified atom stereocenters. The van der Waals surface area contributed by atoms with Crippen LogP contribution in [-0.2, 0) is 4.79 Å². The minimum Gasteiger partial charge on any atom is -0.426 e. The summed E-state index contributed by atoms with van der Waals surface area (Å²) in [5.74, 6) is 0.410. The summed E-state index contributed by atoms with van der Waals surface area (Å²) in [6.07, 6.45) is 0. The van der Waals surface area contributed by atoms with Gasteiger partial charge in [-0.15, -0.1) is 0 Å². The van der Waals surface area contributed by atoms with E-state index in [1.807, 2.05) is 45.9 Å². The van der Waals surface area contributed by atoms with Crippen LogP contribution in [-0.4, -0.2) is 5.97 Å². The zero-order chi connectivity index (χ0) is 10.8. The Morgan fingerprint density at radius 1 is 1.29 bits per heavy atom. The third kappa shape index (κ3) is 2.87. The van der Waals surface area contributed by atoms with Gasteiger partial charge in [0.1, 0.15) is 5.75 Å². The first-order chi connectivity index (χ1) is 6.39. The summed E-state index contributed by atoms with van der Waals surface area (Å²) >= 11 is 0. The predicted molar refractivity (Wildman–Crippen MR) is 56.3 cm³/mol. The van der Waals surface area contributed by atoms with Crippen LogP contribution in [0.2, 0.25) is 0 Å². The zero-order valence-electron chi connectivity index (χ0n) is 9.13. The summed E-state index contributed by atoms with van der Waals surface area (Å²) < 4.78 is 5.22. The van der Waals surface area contributed by atoms with Gasteiger partial charge in [0.25, 0.3) is 0 Å². The van der Waals surface area contributed by atoms with Gasteiger partial charge in [-0.3, -0.25) is 4.79 Å². The maximum Gasteiger partial charge on any atom is 0.316 e. The molecule has 0 saturated heterocycles. The van der Waals surface area contributed by atoms with Gasteiger partial charge in [0.05, 0.1) is 5.41 Å². The molecule has 2 nitrogen and oxygen atoms in total. The lowest BCUT2D eigenvalue weighted by Crippen LogP contribution is -2.25. The highest BCUT2D eigenvalue weighted by atomic mass is 16.5. The van der Waals surface area contributed by atoms with Crippen molar-refractivity contribution >= 4 is 5.97 Å². The highest BCUT2D eigenvalue weighted by molar-refractivity contribution is 5.77. The predicted octanol–water partition coefficient (Wildman–Crippen LogP) is 2.95. The van der Waals surface area contributed by atoms with Gasteiger partial charge in [-0.2, -0.15) is 0 Å². The van der Waals surface area contributed by atoms with Crippen molar-refractivity contribution in [2.45, 2.75) is 27.7 Å². The molecule has 0 amide bonds. The maximum atomic E-state index is 11.5. The first-order valence-corrected chi connectivity index (χ1v) is 4.68. The SMILES string of the molecule is Cc1cccc(OC(=O)C(C)(C)C)c1. The van der Waals surface area contributed by atoms with Crippen LogP contribution in [0.1, 0.15) is 26.3 Å². The molecule has 76 valence electrons. The summed E-state index contributed by atoms with van der Waals surface area (Å²) in [6, 6.07) is 7.48. The fourth-order valence-electron chi connectivity index (χ4n) is 0.939. The lowest BCUT2D eigenvalue weighted by atomic mass is 9.97. The number of hydrogen-bond donors (Lipinski definition) is 0. The molecule has 0 aliphatic rings. The van der Waals surface area contributed by atoms with Crippen LogP contribution < -0.4 is 4.74 Å². The first-order valence-electron chi connectivity index (χ1n) is 4.68. The molecule has 0 saturated carbocycles. The molecule has 1 aromatic rings. The topological polar surface area (TPSA) is 26.3 Å². The van der Waals surface area contributed by atoms with E-state index in [2.05, 4.69) is 0 Å². The molecular weight excluding hydrogens is 176 g/mol. The average molecular weight is 192 g/mol. The van der Waals surface area contributed by atoms with Crippen LogP contribution in [0.25, 0.3) is 0 Å². The Bertz CT molecular complexity index is 334. The third-order valence-corrected chi connectivity index (χ3v) is 1.81. The summed E-state index contributed by atoms with van der Waals surface area (Å²) in [4.78, 5) is 11.5. The van der Waals surface area contributed by atoms with Gasteiger partial charge >= 0.3 is 5.97 Å². The number of ether oxygens (including phenoxy) is 1. The summed E-state index contributed by atoms with van der Waals surface area (Å²) in [7, 11) is 0. The maximum absolute atomic E-state index is 11.5. The summed E-state index contributed by atoms with van der Waals surface area (Å²) in [6.45, 7) is 7.48. The second-order valence-corrected chi connectivity index (χ2v) is 4.46. The van der Waals surface area contributed by atoms with E-state index in [4.69, 9.17) is 4.74 Å². The van der Waals surface area contributed by atoms with E-state index >= 15 is 0 Å². The molecule has 14 heavy (non-hydrogen) atoms. The van der Waals surface area contributed by atoms with Gasteiger partial charge in [-0.05, 0) is 45.4 Å². The highest BCUT2D eigenvalue weighted by Gasteiger charge is 2.23. The number of aryl methyl sites for hydroxylation is 1. The van der Waals surface area contributed by atoms with Crippen LogP contribution in [0, 0.1) is 12.3 Å². The van der Waals surface area contributed by atoms with Crippen molar-refractivity contribution < 1.29 is 9.53 Å². The Kier molecular flexibility index (Phi) is 2.94. The Labute approximate surface area is 84.9 Å². The van der Waals surface area contributed by atoms with E-state index in [0.717, 1.165) is 5.56 Å². The fourth-order valence-corrected chi connectivity index (χ4v) is 0.939. The van der Waals surface area contributed by atoms with E-state index in [9.17, 15) is 4.79 Å². The Morgan fingerprint density at radius 3 is 2.43 bits per heavy atom. The fraction of sp³-hybridized carbons (Fsp3) is 0.417. The van der Waals surface area contributed by atoms with Crippen LogP contribution in [0.15, 0.2) is 24.3 Å². The lowest BCUT2D eigenvalue weighted by molar-refractivity contribution is -0.142. The second-order valence-electron chi connectivity index (χ2n) is 4.46. The van der Waals surface area contributed by atoms with Crippen molar-refractivity contribution in [1.82, 2.24) is 0 Å². The van der Waals surface area contributed by atoms with Gasteiger partial charge < -0.3 is 4.74 Å². The molecule has 0 atom stereocenters. The summed E-state index contributed by atoms with van der Waals surface area (Å²) in [5, 5.41) is 0. The van der Waals surface area contributed by atoms with Crippen molar-refractivity contribution in [3.05, 3.63) is 29.8 Å². The molecule has 0 heterocycles. The van der Waals surface area contributed by atoms with Crippen molar-refractivity contribution in [3.63, 3.8) is 0 Å². The van der Waals surface area contributed by atoms with Crippen LogP contribution in [0.4, 0.5) is 0 Å². The van der Waals surface area contributed by atoms with Crippen molar-refractivity contribution in [2.24, 2.45) is 5.41 Å². The molecule has 0 aliphatic carbocycles. The minimum absolute atomic E-state index is 0.205. The van der Waals surface area contributed by atoms with Gasteiger partial charge in [-0.25, -0.2) is 0 Å². The van der Waals surface area contributed by atoms with Crippen molar-refractivity contribution in [1.29, 1.82) is 0 Å². The lowest BCUT2D eigenvalue weighted by Gasteiger charge is -2.16. The third-order valence-electron chi connectivity index (χ3n) is 1.81. The summed E-state index contributed by atoms with van der Waals surface area (Å²) in [5.41, 5.74) is 0.633. The first kappa shape index (κ1) is 10.8. The number of benzene rings is 1. The molecule has 0 spiro atoms. The van der Waals surface area contributed by atoms with E-state index < -0.39 is 5.41 Å². The van der Waals surface area contributed by atoms with Crippen molar-refractivity contribution in [3.8, 4) is 5.75 Å². The molecule has 0 radical (unpaired) electrons. The minimum atomic E-state index is -0.455. The molecule has 0 aliphatic heterocycles. The van der Waals surface area contributed by atoms with E-state index in [-0.39, 0.29) is 5.97 Å². The van der Waals surface area contributed by atoms with Gasteiger partial charge in [0, 0.05) is 0 Å². The van der Waals surface area contributed by atoms with Gasteiger partial charge in [0.15, 0.2) is 0 Å². The average Bonchev–Trinajstić information content (AvgIpc) is 2.02. The molecule has 0 N–H and O–H groups in total. The number of esters is 1. The van der Waals surface area contributed by atoms with E-state index in [1.165, 1.54) is 0 Å². The van der Waals surface area contributed by atoms with Crippen LogP contribution >= 0.6 is 0 Å². The molecule has 1 aromatic carbocycles. The van der Waals surface area contributed by atoms with Crippen LogP contribution in [0.5, 0.6) is 5.75 Å². The number of carbonyl (C=O) groups excluding carboxylic acids is 1. The molecule has 0 fully saturated rings. The highest BCUT2D eigenvalue weighted by Crippen LogP contribution is 2.19. The Hall–Kier alpha value is -1.31. The van der Waals surface area contributed by atoms with Gasteiger partial charge in [0.2, 0.25) is 0 Å². The largest absolute Gasteiger partial charge is 0.426 e. The Balaban J connectivity index is 2.75. The standard InChI is InChI=1S/C12H16O2/c1-9-6-5-7-10(8-9)14-11(13)12(2,3)4/h5-8H,1-4H3. The van der Waals surface area contributed by atoms with Crippen molar-refractivity contribution in [2.75, 3.05) is 0 Å². The van der Waals surface area contributed by atoms with Gasteiger partial charge in [-0.1, -0.05) is 12.1 Å². The van der Waals surface area contributed by atoms with E-state index in [1.54, 1.807) is 6.07 Å². The second kappa shape index (κ2) is 3.82. The monoisotopic (exact) mass is 192 g/mol. The number of rotatable bonds is 1. The normalized spacial score (nSPS) is 11.1.